The molecule has 13 heavy (non-hydrogen) atoms. The summed E-state index contributed by atoms with van der Waals surface area (Å²) < 4.78 is 10.8. The van der Waals surface area contributed by atoms with Gasteiger partial charge in [0.25, 0.3) is 0 Å². The van der Waals surface area contributed by atoms with Crippen LogP contribution in [0.25, 0.3) is 0 Å². The largest absolute Gasteiger partial charge is 0.424 e. The molecule has 0 saturated heterocycles. The van der Waals surface area contributed by atoms with Gasteiger partial charge in [-0.05, 0) is 34.1 Å². The maximum Gasteiger partial charge on any atom is 0.424 e. The maximum atomic E-state index is 5.41. The van der Waals surface area contributed by atoms with E-state index in [1.807, 2.05) is 7.05 Å². The van der Waals surface area contributed by atoms with Crippen LogP contribution in [0.2, 0.25) is 6.04 Å². The van der Waals surface area contributed by atoms with Crippen LogP contribution in [0.15, 0.2) is 0 Å². The lowest BCUT2D eigenvalue weighted by Gasteiger charge is -2.26. The van der Waals surface area contributed by atoms with Crippen molar-refractivity contribution >= 4 is 8.72 Å². The number of rotatable bonds is 7. The van der Waals surface area contributed by atoms with Crippen LogP contribution >= 0.6 is 0 Å². The summed E-state index contributed by atoms with van der Waals surface area (Å²) in [7, 11) is 7.40. The molecule has 0 aliphatic heterocycles. The van der Waals surface area contributed by atoms with E-state index >= 15 is 0 Å². The summed E-state index contributed by atoms with van der Waals surface area (Å²) in [6.45, 7) is 1.07. The van der Waals surface area contributed by atoms with Gasteiger partial charge in [0.05, 0.1) is 0 Å². The Morgan fingerprint density at radius 2 is 1.77 bits per heavy atom. The molecule has 0 heterocycles. The Morgan fingerprint density at radius 1 is 1.23 bits per heavy atom. The van der Waals surface area contributed by atoms with Crippen molar-refractivity contribution in [2.75, 3.05) is 41.9 Å². The van der Waals surface area contributed by atoms with Gasteiger partial charge in [-0.2, -0.15) is 0 Å². The van der Waals surface area contributed by atoms with Crippen molar-refractivity contribution in [1.29, 1.82) is 0 Å². The SMILES string of the molecule is CN[Si](CCCN(C)C)(OC)OC. The van der Waals surface area contributed by atoms with Crippen molar-refractivity contribution in [2.24, 2.45) is 0 Å². The van der Waals surface area contributed by atoms with Gasteiger partial charge in [-0.15, -0.1) is 0 Å². The number of hydrogen-bond acceptors (Lipinski definition) is 4. The molecule has 0 aliphatic carbocycles. The van der Waals surface area contributed by atoms with Crippen molar-refractivity contribution in [3.05, 3.63) is 0 Å². The van der Waals surface area contributed by atoms with E-state index in [4.69, 9.17) is 8.85 Å². The fraction of sp³-hybridized carbons (Fsp3) is 1.00. The van der Waals surface area contributed by atoms with Gasteiger partial charge in [0, 0.05) is 20.3 Å². The summed E-state index contributed by atoms with van der Waals surface area (Å²) in [4.78, 5) is 5.33. The Morgan fingerprint density at radius 3 is 2.08 bits per heavy atom. The van der Waals surface area contributed by atoms with E-state index in [1.165, 1.54) is 0 Å². The van der Waals surface area contributed by atoms with Gasteiger partial charge < -0.3 is 13.8 Å². The highest BCUT2D eigenvalue weighted by molar-refractivity contribution is 6.64. The Labute approximate surface area is 82.5 Å². The summed E-state index contributed by atoms with van der Waals surface area (Å²) in [6.07, 6.45) is 1.10. The van der Waals surface area contributed by atoms with Crippen LogP contribution < -0.4 is 4.98 Å². The molecular weight excluding hydrogens is 184 g/mol. The molecule has 0 radical (unpaired) electrons. The third kappa shape index (κ3) is 4.73. The van der Waals surface area contributed by atoms with Crippen LogP contribution in [0.1, 0.15) is 6.42 Å². The second-order valence-electron chi connectivity index (χ2n) is 3.32. The molecular formula is C8H22N2O2Si. The van der Waals surface area contributed by atoms with Gasteiger partial charge in [-0.25, -0.2) is 0 Å². The second kappa shape index (κ2) is 6.50. The molecule has 5 heteroatoms. The quantitative estimate of drug-likeness (QED) is 0.611. The molecule has 0 unspecified atom stereocenters. The van der Waals surface area contributed by atoms with Gasteiger partial charge in [-0.3, -0.25) is 4.98 Å². The lowest BCUT2D eigenvalue weighted by atomic mass is 10.5. The summed E-state index contributed by atoms with van der Waals surface area (Å²) in [5, 5.41) is 0. The first kappa shape index (κ1) is 13.1. The molecule has 0 bridgehead atoms. The van der Waals surface area contributed by atoms with Gasteiger partial charge in [0.15, 0.2) is 0 Å². The number of nitrogens with one attached hydrogen (secondary N) is 1. The van der Waals surface area contributed by atoms with E-state index in [2.05, 4.69) is 24.0 Å². The molecule has 0 aromatic rings. The summed E-state index contributed by atoms with van der Waals surface area (Å²) >= 11 is 0. The van der Waals surface area contributed by atoms with Crippen LogP contribution in [0.4, 0.5) is 0 Å². The fourth-order valence-corrected chi connectivity index (χ4v) is 3.10. The van der Waals surface area contributed by atoms with Crippen molar-refractivity contribution in [1.82, 2.24) is 9.88 Å². The number of nitrogens with zero attached hydrogens (tertiary/aromatic N) is 1. The van der Waals surface area contributed by atoms with E-state index in [9.17, 15) is 0 Å². The average molecular weight is 206 g/mol. The fourth-order valence-electron chi connectivity index (χ4n) is 1.24. The topological polar surface area (TPSA) is 33.7 Å². The van der Waals surface area contributed by atoms with Crippen LogP contribution in [0.3, 0.4) is 0 Å². The zero-order chi connectivity index (χ0) is 10.3. The minimum Gasteiger partial charge on any atom is -0.386 e. The molecule has 0 atom stereocenters. The van der Waals surface area contributed by atoms with E-state index in [1.54, 1.807) is 14.2 Å². The highest BCUT2D eigenvalue weighted by Gasteiger charge is 2.33. The maximum absolute atomic E-state index is 5.41. The normalized spacial score (nSPS) is 12.5. The van der Waals surface area contributed by atoms with E-state index in [0.717, 1.165) is 19.0 Å². The van der Waals surface area contributed by atoms with Crippen LogP contribution in [-0.2, 0) is 8.85 Å². The zero-order valence-corrected chi connectivity index (χ0v) is 10.4. The number of hydrogen-bond donors (Lipinski definition) is 1. The molecule has 0 aromatic heterocycles. The monoisotopic (exact) mass is 206 g/mol. The first-order valence-corrected chi connectivity index (χ1v) is 6.56. The second-order valence-corrected chi connectivity index (χ2v) is 6.64. The van der Waals surface area contributed by atoms with Crippen molar-refractivity contribution < 1.29 is 8.85 Å². The van der Waals surface area contributed by atoms with E-state index in [0.29, 0.717) is 0 Å². The third-order valence-corrected chi connectivity index (χ3v) is 5.24. The van der Waals surface area contributed by atoms with E-state index < -0.39 is 8.72 Å². The highest BCUT2D eigenvalue weighted by Crippen LogP contribution is 2.10. The third-order valence-electron chi connectivity index (χ3n) is 2.15. The Kier molecular flexibility index (Phi) is 6.53. The lowest BCUT2D eigenvalue weighted by Crippen LogP contribution is -2.53. The predicted octanol–water partition coefficient (Wildman–Crippen LogP) is 0.389. The standard InChI is InChI=1S/C8H22N2O2Si/c1-9-13(11-4,12-5)8-6-7-10(2)3/h9H,6-8H2,1-5H3. The van der Waals surface area contributed by atoms with E-state index in [-0.39, 0.29) is 0 Å². The van der Waals surface area contributed by atoms with Crippen molar-refractivity contribution in [2.45, 2.75) is 12.5 Å². The highest BCUT2D eigenvalue weighted by atomic mass is 28.4. The minimum absolute atomic E-state index is 0.981. The molecule has 1 N–H and O–H groups in total. The molecule has 0 amide bonds. The summed E-state index contributed by atoms with van der Waals surface area (Å²) in [5.41, 5.74) is 0. The van der Waals surface area contributed by atoms with Crippen LogP contribution in [0, 0.1) is 0 Å². The molecule has 0 aromatic carbocycles. The molecule has 0 saturated carbocycles. The Hall–Kier alpha value is 0.0569. The van der Waals surface area contributed by atoms with Gasteiger partial charge in [0.1, 0.15) is 0 Å². The zero-order valence-electron chi connectivity index (χ0n) is 9.39. The van der Waals surface area contributed by atoms with Crippen LogP contribution in [0.5, 0.6) is 0 Å². The molecule has 0 spiro atoms. The lowest BCUT2D eigenvalue weighted by molar-refractivity contribution is 0.228. The average Bonchev–Trinajstić information content (AvgIpc) is 2.13. The van der Waals surface area contributed by atoms with Crippen molar-refractivity contribution in [3.63, 3.8) is 0 Å². The molecule has 0 rings (SSSR count). The minimum atomic E-state index is -2.06. The van der Waals surface area contributed by atoms with Gasteiger partial charge in [-0.1, -0.05) is 0 Å². The Balaban J connectivity index is 3.81. The molecule has 4 nitrogen and oxygen atoms in total. The first-order chi connectivity index (χ1) is 6.10. The molecule has 0 aliphatic rings. The molecule has 80 valence electrons. The Bertz CT molecular complexity index is 121. The predicted molar refractivity (Wildman–Crippen MR) is 56.8 cm³/mol. The summed E-state index contributed by atoms with van der Waals surface area (Å²) in [6, 6.07) is 0.981. The van der Waals surface area contributed by atoms with Gasteiger partial charge in [0.2, 0.25) is 0 Å². The van der Waals surface area contributed by atoms with Gasteiger partial charge >= 0.3 is 8.72 Å². The van der Waals surface area contributed by atoms with Crippen LogP contribution in [-0.4, -0.2) is 55.5 Å². The first-order valence-electron chi connectivity index (χ1n) is 4.54. The molecule has 0 fully saturated rings. The van der Waals surface area contributed by atoms with Crippen molar-refractivity contribution in [3.8, 4) is 0 Å². The summed E-state index contributed by atoms with van der Waals surface area (Å²) in [5.74, 6) is 0. The smallest absolute Gasteiger partial charge is 0.386 e.